The van der Waals surface area contributed by atoms with Crippen molar-refractivity contribution in [1.29, 1.82) is 0 Å². The van der Waals surface area contributed by atoms with E-state index >= 15 is 0 Å². The van der Waals surface area contributed by atoms with Crippen LogP contribution in [0.25, 0.3) is 11.7 Å². The van der Waals surface area contributed by atoms with E-state index in [9.17, 15) is 9.59 Å². The van der Waals surface area contributed by atoms with Crippen molar-refractivity contribution in [3.63, 3.8) is 0 Å². The standard InChI is InChI=1S/C17H19N3O5/c1-11-9-13(12(2)19(11)6-8-23-3)14(21)10-20-17(22)25-16(18-20)15-5-4-7-24-15/h4-5,7,9H,6,8,10H2,1-3H3. The molecule has 3 aromatic rings. The Morgan fingerprint density at radius 1 is 1.36 bits per heavy atom. The fourth-order valence-electron chi connectivity index (χ4n) is 2.74. The Kier molecular flexibility index (Phi) is 4.71. The van der Waals surface area contributed by atoms with Gasteiger partial charge < -0.3 is 18.1 Å². The van der Waals surface area contributed by atoms with Crippen molar-refractivity contribution in [2.24, 2.45) is 0 Å². The Balaban J connectivity index is 1.82. The van der Waals surface area contributed by atoms with Crippen LogP contribution in [-0.4, -0.2) is 33.8 Å². The number of nitrogens with zero attached hydrogens (tertiary/aromatic N) is 3. The van der Waals surface area contributed by atoms with Gasteiger partial charge in [0.25, 0.3) is 5.89 Å². The van der Waals surface area contributed by atoms with Crippen molar-refractivity contribution in [1.82, 2.24) is 14.3 Å². The van der Waals surface area contributed by atoms with E-state index < -0.39 is 5.76 Å². The Labute approximate surface area is 143 Å². The highest BCUT2D eigenvalue weighted by Gasteiger charge is 2.19. The number of hydrogen-bond acceptors (Lipinski definition) is 6. The number of ether oxygens (including phenoxy) is 1. The average molecular weight is 345 g/mol. The lowest BCUT2D eigenvalue weighted by Crippen LogP contribution is -2.22. The second kappa shape index (κ2) is 6.94. The van der Waals surface area contributed by atoms with Crippen molar-refractivity contribution in [2.45, 2.75) is 26.9 Å². The summed E-state index contributed by atoms with van der Waals surface area (Å²) in [7, 11) is 1.63. The molecule has 25 heavy (non-hydrogen) atoms. The highest BCUT2D eigenvalue weighted by molar-refractivity contribution is 5.97. The Hall–Kier alpha value is -2.87. The van der Waals surface area contributed by atoms with E-state index in [4.69, 9.17) is 13.6 Å². The maximum Gasteiger partial charge on any atom is 0.437 e. The quantitative estimate of drug-likeness (QED) is 0.609. The maximum absolute atomic E-state index is 12.6. The van der Waals surface area contributed by atoms with Gasteiger partial charge in [-0.15, -0.1) is 5.10 Å². The minimum Gasteiger partial charge on any atom is -0.459 e. The first-order valence-corrected chi connectivity index (χ1v) is 7.82. The van der Waals surface area contributed by atoms with Gasteiger partial charge >= 0.3 is 5.76 Å². The van der Waals surface area contributed by atoms with Crippen LogP contribution in [-0.2, 0) is 17.8 Å². The molecule has 0 fully saturated rings. The molecule has 8 heteroatoms. The first kappa shape index (κ1) is 17.0. The number of rotatable bonds is 7. The van der Waals surface area contributed by atoms with Gasteiger partial charge in [-0.3, -0.25) is 4.79 Å². The SMILES string of the molecule is COCCn1c(C)cc(C(=O)Cn2nc(-c3ccco3)oc2=O)c1C. The third-order valence-electron chi connectivity index (χ3n) is 4.02. The molecule has 0 unspecified atom stereocenters. The molecule has 0 aliphatic carbocycles. The predicted octanol–water partition coefficient (Wildman–Crippen LogP) is 2.04. The van der Waals surface area contributed by atoms with Gasteiger partial charge in [-0.1, -0.05) is 0 Å². The van der Waals surface area contributed by atoms with Crippen LogP contribution in [0.3, 0.4) is 0 Å². The monoisotopic (exact) mass is 345 g/mol. The van der Waals surface area contributed by atoms with Crippen molar-refractivity contribution >= 4 is 5.78 Å². The highest BCUT2D eigenvalue weighted by Crippen LogP contribution is 2.18. The number of aromatic nitrogens is 3. The molecule has 0 N–H and O–H groups in total. The molecule has 3 heterocycles. The van der Waals surface area contributed by atoms with E-state index in [-0.39, 0.29) is 18.2 Å². The van der Waals surface area contributed by atoms with Crippen LogP contribution in [0.15, 0.2) is 38.1 Å². The van der Waals surface area contributed by atoms with Crippen LogP contribution >= 0.6 is 0 Å². The van der Waals surface area contributed by atoms with E-state index in [1.54, 1.807) is 19.2 Å². The van der Waals surface area contributed by atoms with Crippen LogP contribution in [0.1, 0.15) is 21.7 Å². The zero-order chi connectivity index (χ0) is 18.0. The van der Waals surface area contributed by atoms with E-state index in [0.717, 1.165) is 16.1 Å². The largest absolute Gasteiger partial charge is 0.459 e. The number of carbonyl (C=O) groups excluding carboxylic acids is 1. The van der Waals surface area contributed by atoms with E-state index in [0.29, 0.717) is 24.5 Å². The number of methoxy groups -OCH3 is 1. The number of furan rings is 1. The lowest BCUT2D eigenvalue weighted by Gasteiger charge is -2.08. The summed E-state index contributed by atoms with van der Waals surface area (Å²) in [6, 6.07) is 5.10. The van der Waals surface area contributed by atoms with Gasteiger partial charge in [-0.25, -0.2) is 4.79 Å². The van der Waals surface area contributed by atoms with Crippen LogP contribution < -0.4 is 5.76 Å². The summed E-state index contributed by atoms with van der Waals surface area (Å²) in [5, 5.41) is 4.02. The molecular formula is C17H19N3O5. The van der Waals surface area contributed by atoms with Gasteiger partial charge in [-0.2, -0.15) is 4.68 Å². The predicted molar refractivity (Wildman–Crippen MR) is 88.6 cm³/mol. The summed E-state index contributed by atoms with van der Waals surface area (Å²) in [6.07, 6.45) is 1.45. The molecule has 0 aliphatic rings. The van der Waals surface area contributed by atoms with E-state index in [1.807, 2.05) is 24.5 Å². The van der Waals surface area contributed by atoms with Crippen molar-refractivity contribution in [3.8, 4) is 11.7 Å². The number of ketones is 1. The topological polar surface area (TPSA) is 92.4 Å². The van der Waals surface area contributed by atoms with E-state index in [1.165, 1.54) is 6.26 Å². The third-order valence-corrected chi connectivity index (χ3v) is 4.02. The van der Waals surface area contributed by atoms with Crippen LogP contribution in [0.2, 0.25) is 0 Å². The zero-order valence-corrected chi connectivity index (χ0v) is 14.3. The molecule has 0 spiro atoms. The van der Waals surface area contributed by atoms with Crippen LogP contribution in [0, 0.1) is 13.8 Å². The average Bonchev–Trinajstić information content (AvgIpc) is 3.28. The lowest BCUT2D eigenvalue weighted by molar-refractivity contribution is 0.0964. The molecule has 8 nitrogen and oxygen atoms in total. The molecule has 0 aromatic carbocycles. The molecule has 0 amide bonds. The summed E-state index contributed by atoms with van der Waals surface area (Å²) in [4.78, 5) is 24.5. The molecule has 0 radical (unpaired) electrons. The molecule has 0 atom stereocenters. The van der Waals surface area contributed by atoms with Gasteiger partial charge in [0, 0.05) is 30.6 Å². The van der Waals surface area contributed by atoms with Gasteiger partial charge in [0.1, 0.15) is 6.54 Å². The molecule has 3 aromatic heterocycles. The van der Waals surface area contributed by atoms with Gasteiger partial charge in [0.2, 0.25) is 0 Å². The summed E-state index contributed by atoms with van der Waals surface area (Å²) in [5.74, 6) is -0.527. The number of aryl methyl sites for hydroxylation is 1. The van der Waals surface area contributed by atoms with Gasteiger partial charge in [-0.05, 0) is 32.0 Å². The number of hydrogen-bond donors (Lipinski definition) is 0. The molecule has 3 rings (SSSR count). The molecule has 132 valence electrons. The minimum absolute atomic E-state index is 0.0494. The summed E-state index contributed by atoms with van der Waals surface area (Å²) in [6.45, 7) is 4.82. The summed E-state index contributed by atoms with van der Waals surface area (Å²) >= 11 is 0. The van der Waals surface area contributed by atoms with Gasteiger partial charge in [0.15, 0.2) is 11.5 Å². The third kappa shape index (κ3) is 3.34. The normalized spacial score (nSPS) is 11.2. The summed E-state index contributed by atoms with van der Waals surface area (Å²) in [5.41, 5.74) is 2.35. The Morgan fingerprint density at radius 2 is 2.16 bits per heavy atom. The van der Waals surface area contributed by atoms with E-state index in [2.05, 4.69) is 5.10 Å². The van der Waals surface area contributed by atoms with Crippen LogP contribution in [0.4, 0.5) is 0 Å². The van der Waals surface area contributed by atoms with Crippen LogP contribution in [0.5, 0.6) is 0 Å². The lowest BCUT2D eigenvalue weighted by atomic mass is 10.1. The zero-order valence-electron chi connectivity index (χ0n) is 14.3. The van der Waals surface area contributed by atoms with Gasteiger partial charge in [0.05, 0.1) is 12.9 Å². The first-order chi connectivity index (χ1) is 12.0. The second-order valence-electron chi connectivity index (χ2n) is 5.66. The Bertz CT molecular complexity index is 930. The Morgan fingerprint density at radius 3 is 2.84 bits per heavy atom. The van der Waals surface area contributed by atoms with Crippen molar-refractivity contribution in [2.75, 3.05) is 13.7 Å². The molecule has 0 aliphatic heterocycles. The van der Waals surface area contributed by atoms with Crippen molar-refractivity contribution < 1.29 is 18.4 Å². The molecule has 0 saturated carbocycles. The fourth-order valence-corrected chi connectivity index (χ4v) is 2.74. The molecule has 0 bridgehead atoms. The maximum atomic E-state index is 12.6. The number of Topliss-reactive ketones (excluding diaryl/α,β-unsaturated/α-hetero) is 1. The molecule has 0 saturated heterocycles. The van der Waals surface area contributed by atoms with Crippen molar-refractivity contribution in [3.05, 3.63) is 52.0 Å². The summed E-state index contributed by atoms with van der Waals surface area (Å²) < 4.78 is 18.3. The fraction of sp³-hybridized carbons (Fsp3) is 0.353. The minimum atomic E-state index is -0.701. The molecular weight excluding hydrogens is 326 g/mol. The first-order valence-electron chi connectivity index (χ1n) is 7.82. The second-order valence-corrected chi connectivity index (χ2v) is 5.66. The smallest absolute Gasteiger partial charge is 0.437 e. The number of carbonyl (C=O) groups is 1. The highest BCUT2D eigenvalue weighted by atomic mass is 16.5.